The maximum atomic E-state index is 13.4. The number of nitrogens with two attached hydrogens (primary N) is 2. The molecule has 0 aromatic carbocycles. The van der Waals surface area contributed by atoms with E-state index in [4.69, 9.17) is 39.6 Å². The lowest BCUT2D eigenvalue weighted by atomic mass is 10.1. The molecule has 3 aromatic rings. The van der Waals surface area contributed by atoms with Gasteiger partial charge in [-0.05, 0) is 0 Å². The van der Waals surface area contributed by atoms with E-state index in [-0.39, 0.29) is 17.0 Å². The Labute approximate surface area is 294 Å². The number of fused-ring (bicyclic) bond motifs is 1. The van der Waals surface area contributed by atoms with E-state index in [0.717, 1.165) is 40.2 Å². The number of anilines is 1. The lowest BCUT2D eigenvalue weighted by Gasteiger charge is -2.23. The molecular formula is C23H30N7O20P3. The number of rotatable bonds is 16. The number of carboxylic acids is 1. The van der Waals surface area contributed by atoms with Crippen LogP contribution in [0, 0.1) is 0 Å². The van der Waals surface area contributed by atoms with E-state index in [0.29, 0.717) is 0 Å². The zero-order chi connectivity index (χ0) is 39.0. The van der Waals surface area contributed by atoms with Crippen LogP contribution in [0.5, 0.6) is 0 Å². The Morgan fingerprint density at radius 3 is 2.25 bits per heavy atom. The number of aliphatic hydroxyl groups excluding tert-OH is 3. The largest absolute Gasteiger partial charge is 0.484 e. The van der Waals surface area contributed by atoms with E-state index in [1.165, 1.54) is 0 Å². The van der Waals surface area contributed by atoms with Crippen molar-refractivity contribution in [3.05, 3.63) is 46.9 Å². The Morgan fingerprint density at radius 1 is 0.925 bits per heavy atom. The van der Waals surface area contributed by atoms with Gasteiger partial charge in [-0.25, -0.2) is 33.4 Å². The lowest BCUT2D eigenvalue weighted by Crippen LogP contribution is -2.35. The summed E-state index contributed by atoms with van der Waals surface area (Å²) in [6, 6.07) is 0.919. The van der Waals surface area contributed by atoms with Crippen molar-refractivity contribution >= 4 is 52.3 Å². The molecule has 0 aliphatic carbocycles. The molecule has 2 aliphatic rings. The van der Waals surface area contributed by atoms with Crippen LogP contribution < -0.4 is 16.9 Å². The monoisotopic (exact) mass is 817 g/mol. The van der Waals surface area contributed by atoms with Gasteiger partial charge in [0.15, 0.2) is 36.0 Å². The van der Waals surface area contributed by atoms with Crippen molar-refractivity contribution in [2.75, 3.05) is 25.6 Å². The summed E-state index contributed by atoms with van der Waals surface area (Å²) in [7, 11) is -16.5. The fourth-order valence-corrected chi connectivity index (χ4v) is 8.20. The highest BCUT2D eigenvalue weighted by molar-refractivity contribution is 7.61. The molecule has 53 heavy (non-hydrogen) atoms. The molecule has 1 unspecified atom stereocenters. The van der Waals surface area contributed by atoms with Gasteiger partial charge in [0.2, 0.25) is 0 Å². The number of carboxylic acid groups (broad SMARTS) is 1. The van der Waals surface area contributed by atoms with Crippen LogP contribution >= 0.6 is 23.5 Å². The molecule has 0 bridgehead atoms. The Kier molecular flexibility index (Phi) is 12.0. The summed E-state index contributed by atoms with van der Waals surface area (Å²) in [5, 5.41) is 40.9. The smallest absolute Gasteiger partial charge is 0.480 e. The highest BCUT2D eigenvalue weighted by Gasteiger charge is 2.51. The summed E-state index contributed by atoms with van der Waals surface area (Å²) in [4.78, 5) is 75.6. The number of amides is 1. The topological polar surface area (TPSA) is 409 Å². The average Bonchev–Trinajstić information content (AvgIpc) is 3.71. The number of nitrogens with zero attached hydrogens (tertiary/aromatic N) is 5. The number of imidazole rings is 1. The fraction of sp³-hybridized carbons (Fsp3) is 0.478. The summed E-state index contributed by atoms with van der Waals surface area (Å²) < 4.78 is 74.8. The van der Waals surface area contributed by atoms with Gasteiger partial charge in [-0.1, -0.05) is 0 Å². The number of pyridine rings is 1. The van der Waals surface area contributed by atoms with Gasteiger partial charge in [0, 0.05) is 18.5 Å². The number of carbonyl (C=O) groups excluding carboxylic acids is 1. The van der Waals surface area contributed by atoms with Crippen LogP contribution in [0.3, 0.4) is 0 Å². The molecule has 27 nitrogen and oxygen atoms in total. The zero-order valence-corrected chi connectivity index (χ0v) is 29.0. The number of carbonyl (C=O) groups is 2. The summed E-state index contributed by atoms with van der Waals surface area (Å²) in [6.45, 7) is -3.68. The SMILES string of the molecule is NC(=O)c1cn([C@@H]2O[C@H](COP(=O)(O)O[P@@](=O)(OCC(=O)O)OC[C@H]3O[C@@H](n4cnc5c(N)ncnc54)[C@H](OP(=O)(O)O)[C@@H]3O)[C@@H](O)[C@H]2O)ccc1=O. The number of aliphatic hydroxyl groups is 3. The van der Waals surface area contributed by atoms with Crippen LogP contribution in [0.15, 0.2) is 35.9 Å². The second-order valence-corrected chi connectivity index (χ2v) is 15.5. The van der Waals surface area contributed by atoms with Crippen molar-refractivity contribution in [3.8, 4) is 0 Å². The molecule has 292 valence electrons. The van der Waals surface area contributed by atoms with Gasteiger partial charge < -0.3 is 60.6 Å². The molecule has 3 aromatic heterocycles. The zero-order valence-electron chi connectivity index (χ0n) is 26.3. The van der Waals surface area contributed by atoms with Crippen LogP contribution in [-0.2, 0) is 50.4 Å². The third-order valence-electron chi connectivity index (χ3n) is 7.42. The highest BCUT2D eigenvalue weighted by atomic mass is 31.3. The van der Waals surface area contributed by atoms with Crippen LogP contribution in [0.1, 0.15) is 22.8 Å². The van der Waals surface area contributed by atoms with E-state index < -0.39 is 115 Å². The number of phosphoric ester groups is 3. The second-order valence-electron chi connectivity index (χ2n) is 11.0. The molecule has 10 atom stereocenters. The number of primary amides is 1. The minimum atomic E-state index is -5.65. The van der Waals surface area contributed by atoms with Gasteiger partial charge in [0.05, 0.1) is 19.5 Å². The number of phosphoric acid groups is 3. The molecule has 2 aliphatic heterocycles. The number of ether oxygens (including phenoxy) is 2. The number of hydrogen-bond acceptors (Lipinski definition) is 20. The van der Waals surface area contributed by atoms with Crippen LogP contribution in [0.4, 0.5) is 5.82 Å². The van der Waals surface area contributed by atoms with Crippen molar-refractivity contribution in [1.29, 1.82) is 0 Å². The molecule has 0 saturated carbocycles. The van der Waals surface area contributed by atoms with Crippen LogP contribution in [0.25, 0.3) is 11.2 Å². The summed E-state index contributed by atoms with van der Waals surface area (Å²) in [5.41, 5.74) is 9.66. The molecule has 2 fully saturated rings. The molecule has 0 spiro atoms. The third-order valence-corrected chi connectivity index (χ3v) is 10.9. The van der Waals surface area contributed by atoms with Gasteiger partial charge >= 0.3 is 29.4 Å². The number of aliphatic carboxylic acids is 1. The van der Waals surface area contributed by atoms with E-state index in [1.54, 1.807) is 0 Å². The van der Waals surface area contributed by atoms with Crippen LogP contribution in [0.2, 0.25) is 0 Å². The first-order valence-corrected chi connectivity index (χ1v) is 19.0. The molecule has 0 radical (unpaired) electrons. The minimum Gasteiger partial charge on any atom is -0.480 e. The Hall–Kier alpha value is -3.59. The molecule has 1 amide bonds. The second kappa shape index (κ2) is 15.6. The number of aromatic nitrogens is 5. The number of hydrogen-bond donors (Lipinski definition) is 9. The third kappa shape index (κ3) is 9.38. The minimum absolute atomic E-state index is 0.0216. The lowest BCUT2D eigenvalue weighted by molar-refractivity contribution is -0.140. The van der Waals surface area contributed by atoms with E-state index in [2.05, 4.69) is 23.8 Å². The summed E-state index contributed by atoms with van der Waals surface area (Å²) >= 11 is 0. The fourth-order valence-electron chi connectivity index (χ4n) is 5.07. The maximum Gasteiger partial charge on any atom is 0.484 e. The molecule has 5 rings (SSSR count). The number of nitrogen functional groups attached to an aromatic ring is 1. The molecule has 2 saturated heterocycles. The molecular weight excluding hydrogens is 787 g/mol. The van der Waals surface area contributed by atoms with Gasteiger partial charge in [-0.2, -0.15) is 4.31 Å². The van der Waals surface area contributed by atoms with Gasteiger partial charge in [-0.3, -0.25) is 32.3 Å². The normalized spacial score (nSPS) is 28.5. The molecule has 11 N–H and O–H groups in total. The standard InChI is InChI=1S/C23H30N7O20P3/c24-19-14-21(27-7-26-19)30(8-28-14)23-18(49-51(38,39)40)16(35)12(48-23)5-45-53(43,46-6-13(32)33)50-52(41,42)44-4-11-15(34)17(36)22(47-11)29-2-1-10(31)9(3-29)20(25)37/h1-3,7-8,11-12,15-18,22-23,34-36H,4-6H2,(H2,25,37)(H,32,33)(H,41,42)(H2,24,26,27)(H2,38,39,40)/t11-,12-,15-,16-,17-,18-,22-,23-,53-/m1/s1. The highest BCUT2D eigenvalue weighted by Crippen LogP contribution is 2.64. The van der Waals surface area contributed by atoms with Gasteiger partial charge in [-0.15, -0.1) is 0 Å². The van der Waals surface area contributed by atoms with E-state index in [1.807, 2.05) is 0 Å². The maximum absolute atomic E-state index is 13.4. The van der Waals surface area contributed by atoms with Crippen molar-refractivity contribution in [2.24, 2.45) is 5.73 Å². The molecule has 30 heteroatoms. The quantitative estimate of drug-likeness (QED) is 0.0654. The predicted molar refractivity (Wildman–Crippen MR) is 166 cm³/mol. The van der Waals surface area contributed by atoms with Crippen molar-refractivity contribution < 1.29 is 90.3 Å². The van der Waals surface area contributed by atoms with E-state index >= 15 is 0 Å². The average molecular weight is 817 g/mol. The van der Waals surface area contributed by atoms with Crippen molar-refractivity contribution in [3.63, 3.8) is 0 Å². The first kappa shape index (κ1) is 40.6. The van der Waals surface area contributed by atoms with Gasteiger partial charge in [0.1, 0.15) is 54.0 Å². The van der Waals surface area contributed by atoms with Crippen LogP contribution in [-0.4, -0.2) is 128 Å². The molecule has 5 heterocycles. The summed E-state index contributed by atoms with van der Waals surface area (Å²) in [6.07, 6.45) is -9.99. The Bertz CT molecular complexity index is 2060. The van der Waals surface area contributed by atoms with E-state index in [9.17, 15) is 58.1 Å². The Balaban J connectivity index is 1.29. The predicted octanol–water partition coefficient (Wildman–Crippen LogP) is -2.92. The van der Waals surface area contributed by atoms with Gasteiger partial charge in [0.25, 0.3) is 5.91 Å². The van der Waals surface area contributed by atoms with Crippen molar-refractivity contribution in [2.45, 2.75) is 49.1 Å². The van der Waals surface area contributed by atoms with Crippen molar-refractivity contribution in [1.82, 2.24) is 24.1 Å². The first-order chi connectivity index (χ1) is 24.7. The Morgan fingerprint density at radius 2 is 1.58 bits per heavy atom. The summed E-state index contributed by atoms with van der Waals surface area (Å²) in [5.74, 6) is -2.97. The first-order valence-electron chi connectivity index (χ1n) is 14.5.